The lowest BCUT2D eigenvalue weighted by Gasteiger charge is -2.09. The molecule has 0 unspecified atom stereocenters. The molecule has 2 aromatic rings. The molecule has 0 spiro atoms. The van der Waals surface area contributed by atoms with E-state index in [1.165, 1.54) is 30.0 Å². The van der Waals surface area contributed by atoms with Gasteiger partial charge in [-0.25, -0.2) is 4.39 Å². The van der Waals surface area contributed by atoms with E-state index < -0.39 is 11.7 Å². The zero-order valence-electron chi connectivity index (χ0n) is 10.4. The number of thioether (sulfide) groups is 1. The molecule has 3 nitrogen and oxygen atoms in total. The van der Waals surface area contributed by atoms with Crippen LogP contribution in [0.25, 0.3) is 0 Å². The van der Waals surface area contributed by atoms with E-state index in [0.29, 0.717) is 26.9 Å². The van der Waals surface area contributed by atoms with Crippen LogP contribution in [0.4, 0.5) is 10.1 Å². The van der Waals surface area contributed by atoms with Gasteiger partial charge in [0.2, 0.25) is 5.91 Å². The van der Waals surface area contributed by atoms with E-state index >= 15 is 0 Å². The van der Waals surface area contributed by atoms with Gasteiger partial charge in [0.05, 0.1) is 5.02 Å². The molecular weight excluding hydrogens is 299 g/mol. The van der Waals surface area contributed by atoms with Crippen LogP contribution >= 0.6 is 23.4 Å². The van der Waals surface area contributed by atoms with Gasteiger partial charge in [-0.15, -0.1) is 11.8 Å². The van der Waals surface area contributed by atoms with E-state index in [4.69, 9.17) is 23.1 Å². The molecule has 104 valence electrons. The van der Waals surface area contributed by atoms with Gasteiger partial charge in [0, 0.05) is 21.9 Å². The molecular formula is C14H12ClFN2OS. The van der Waals surface area contributed by atoms with Gasteiger partial charge in [0.1, 0.15) is 5.82 Å². The maximum atomic E-state index is 13.7. The highest BCUT2D eigenvalue weighted by Crippen LogP contribution is 2.34. The van der Waals surface area contributed by atoms with Crippen molar-refractivity contribution >= 4 is 35.0 Å². The molecule has 0 aliphatic carbocycles. The van der Waals surface area contributed by atoms with Crippen molar-refractivity contribution in [1.29, 1.82) is 0 Å². The van der Waals surface area contributed by atoms with Gasteiger partial charge in [0.15, 0.2) is 0 Å². The Morgan fingerprint density at radius 3 is 2.70 bits per heavy atom. The Morgan fingerprint density at radius 1 is 1.30 bits per heavy atom. The Hall–Kier alpha value is -1.72. The number of anilines is 1. The second-order valence-electron chi connectivity index (χ2n) is 4.12. The fourth-order valence-corrected chi connectivity index (χ4v) is 2.97. The smallest absolute Gasteiger partial charge is 0.248 e. The molecule has 20 heavy (non-hydrogen) atoms. The van der Waals surface area contributed by atoms with E-state index in [1.807, 2.05) is 0 Å². The van der Waals surface area contributed by atoms with Gasteiger partial charge in [-0.1, -0.05) is 17.7 Å². The van der Waals surface area contributed by atoms with Crippen LogP contribution in [-0.2, 0) is 5.75 Å². The number of halogens is 2. The van der Waals surface area contributed by atoms with Gasteiger partial charge in [-0.05, 0) is 35.9 Å². The van der Waals surface area contributed by atoms with Crippen LogP contribution in [0.5, 0.6) is 0 Å². The highest BCUT2D eigenvalue weighted by molar-refractivity contribution is 7.98. The third-order valence-electron chi connectivity index (χ3n) is 2.70. The number of carbonyl (C=O) groups is 1. The molecule has 0 aliphatic rings. The highest BCUT2D eigenvalue weighted by Gasteiger charge is 2.10. The monoisotopic (exact) mass is 310 g/mol. The quantitative estimate of drug-likeness (QED) is 0.671. The maximum absolute atomic E-state index is 13.7. The molecule has 2 rings (SSSR count). The largest absolute Gasteiger partial charge is 0.398 e. The summed E-state index contributed by atoms with van der Waals surface area (Å²) in [6.45, 7) is 0. The number of rotatable bonds is 4. The van der Waals surface area contributed by atoms with Crippen LogP contribution < -0.4 is 11.5 Å². The predicted molar refractivity (Wildman–Crippen MR) is 80.3 cm³/mol. The molecule has 0 heterocycles. The third-order valence-corrected chi connectivity index (χ3v) is 4.33. The molecule has 0 saturated carbocycles. The number of benzene rings is 2. The first kappa shape index (κ1) is 14.7. The molecule has 0 aromatic heterocycles. The Bertz CT molecular complexity index is 643. The van der Waals surface area contributed by atoms with Gasteiger partial charge in [0.25, 0.3) is 0 Å². The zero-order chi connectivity index (χ0) is 14.7. The number of nitrogens with two attached hydrogens (primary N) is 2. The second-order valence-corrected chi connectivity index (χ2v) is 5.51. The minimum absolute atomic E-state index is 0.272. The van der Waals surface area contributed by atoms with E-state index in [1.54, 1.807) is 18.2 Å². The minimum Gasteiger partial charge on any atom is -0.398 e. The normalized spacial score (nSPS) is 10.5. The van der Waals surface area contributed by atoms with Gasteiger partial charge < -0.3 is 11.5 Å². The predicted octanol–water partition coefficient (Wildman–Crippen LogP) is 3.45. The summed E-state index contributed by atoms with van der Waals surface area (Å²) < 4.78 is 13.7. The summed E-state index contributed by atoms with van der Waals surface area (Å²) in [5.74, 6) is -0.678. The fraction of sp³-hybridized carbons (Fsp3) is 0.0714. The van der Waals surface area contributed by atoms with Crippen LogP contribution in [0.15, 0.2) is 41.3 Å². The average Bonchev–Trinajstić information content (AvgIpc) is 2.39. The number of hydrogen-bond acceptors (Lipinski definition) is 3. The third kappa shape index (κ3) is 3.23. The number of carbonyl (C=O) groups excluding carboxylic acids is 1. The molecule has 0 bridgehead atoms. The first-order valence-electron chi connectivity index (χ1n) is 5.74. The average molecular weight is 311 g/mol. The summed E-state index contributed by atoms with van der Waals surface area (Å²) in [4.78, 5) is 11.8. The van der Waals surface area contributed by atoms with Crippen molar-refractivity contribution in [1.82, 2.24) is 0 Å². The van der Waals surface area contributed by atoms with E-state index in [2.05, 4.69) is 0 Å². The molecule has 4 N–H and O–H groups in total. The Kier molecular flexibility index (Phi) is 4.52. The van der Waals surface area contributed by atoms with Crippen LogP contribution in [0.3, 0.4) is 0 Å². The zero-order valence-corrected chi connectivity index (χ0v) is 12.0. The summed E-state index contributed by atoms with van der Waals surface area (Å²) in [7, 11) is 0. The Labute approximate surface area is 125 Å². The summed E-state index contributed by atoms with van der Waals surface area (Å²) in [6.07, 6.45) is 0. The van der Waals surface area contributed by atoms with Crippen molar-refractivity contribution in [3.63, 3.8) is 0 Å². The lowest BCUT2D eigenvalue weighted by Crippen LogP contribution is -2.11. The molecule has 2 aromatic carbocycles. The second kappa shape index (κ2) is 6.15. The summed E-state index contributed by atoms with van der Waals surface area (Å²) >= 11 is 7.36. The van der Waals surface area contributed by atoms with E-state index in [0.717, 1.165) is 0 Å². The number of hydrogen-bond donors (Lipinski definition) is 2. The molecule has 6 heteroatoms. The van der Waals surface area contributed by atoms with Gasteiger partial charge >= 0.3 is 0 Å². The van der Waals surface area contributed by atoms with Crippen molar-refractivity contribution in [2.45, 2.75) is 10.6 Å². The molecule has 0 radical (unpaired) electrons. The number of nitrogen functional groups attached to an aromatic ring is 1. The fourth-order valence-electron chi connectivity index (χ4n) is 1.67. The number of primary amides is 1. The van der Waals surface area contributed by atoms with Crippen molar-refractivity contribution in [2.75, 3.05) is 5.73 Å². The van der Waals surface area contributed by atoms with Gasteiger partial charge in [-0.3, -0.25) is 4.79 Å². The van der Waals surface area contributed by atoms with Crippen molar-refractivity contribution < 1.29 is 9.18 Å². The first-order chi connectivity index (χ1) is 9.49. The number of amides is 1. The van der Waals surface area contributed by atoms with Crippen molar-refractivity contribution in [3.05, 3.63) is 58.4 Å². The van der Waals surface area contributed by atoms with Crippen LogP contribution in [0.1, 0.15) is 15.9 Å². The van der Waals surface area contributed by atoms with Crippen LogP contribution in [0.2, 0.25) is 5.02 Å². The Morgan fingerprint density at radius 2 is 2.05 bits per heavy atom. The lowest BCUT2D eigenvalue weighted by molar-refractivity contribution is 0.1000. The highest BCUT2D eigenvalue weighted by atomic mass is 35.5. The molecule has 0 aliphatic heterocycles. The van der Waals surface area contributed by atoms with Gasteiger partial charge in [-0.2, -0.15) is 0 Å². The van der Waals surface area contributed by atoms with Crippen molar-refractivity contribution in [2.24, 2.45) is 5.73 Å². The van der Waals surface area contributed by atoms with Crippen LogP contribution in [0, 0.1) is 5.82 Å². The van der Waals surface area contributed by atoms with Crippen LogP contribution in [-0.4, -0.2) is 5.91 Å². The minimum atomic E-state index is -0.589. The summed E-state index contributed by atoms with van der Waals surface area (Å²) in [5, 5.41) is 0.515. The summed E-state index contributed by atoms with van der Waals surface area (Å²) in [5.41, 5.74) is 12.2. The maximum Gasteiger partial charge on any atom is 0.248 e. The molecule has 1 amide bonds. The van der Waals surface area contributed by atoms with Crippen molar-refractivity contribution in [3.8, 4) is 0 Å². The standard InChI is InChI=1S/C14H12ClFN2OS/c15-10-2-1-3-12(17)13(10)20-7-9-6-8(14(18)19)4-5-11(9)16/h1-6H,7,17H2,(H2,18,19). The SMILES string of the molecule is NC(=O)c1ccc(F)c(CSc2c(N)cccc2Cl)c1. The Balaban J connectivity index is 2.23. The van der Waals surface area contributed by atoms with E-state index in [-0.39, 0.29) is 5.56 Å². The summed E-state index contributed by atoms with van der Waals surface area (Å²) in [6, 6.07) is 9.22. The topological polar surface area (TPSA) is 69.1 Å². The van der Waals surface area contributed by atoms with E-state index in [9.17, 15) is 9.18 Å². The lowest BCUT2D eigenvalue weighted by atomic mass is 10.1. The molecule has 0 saturated heterocycles. The molecule has 0 atom stereocenters. The first-order valence-corrected chi connectivity index (χ1v) is 7.10. The molecule has 0 fully saturated rings.